The minimum Gasteiger partial charge on any atom is -0.493 e. The molecule has 104 valence electrons. The van der Waals surface area contributed by atoms with Crippen LogP contribution in [0, 0.1) is 6.92 Å². The molecule has 0 spiro atoms. The number of rotatable bonds is 6. The van der Waals surface area contributed by atoms with Crippen molar-refractivity contribution in [3.05, 3.63) is 29.8 Å². The van der Waals surface area contributed by atoms with E-state index in [1.807, 2.05) is 31.2 Å². The summed E-state index contributed by atoms with van der Waals surface area (Å²) < 4.78 is 5.58. The number of halogens is 1. The molecule has 0 aromatic heterocycles. The van der Waals surface area contributed by atoms with Crippen LogP contribution in [-0.4, -0.2) is 23.4 Å². The normalized spacial score (nSPS) is 16.5. The number of hydrogen-bond donors (Lipinski definition) is 1. The molecule has 0 atom stereocenters. The molecular weight excluding hydrogens is 306 g/mol. The smallest absolute Gasteiger partial charge is 0.223 e. The van der Waals surface area contributed by atoms with Crippen LogP contribution < -0.4 is 10.1 Å². The molecule has 1 fully saturated rings. The Morgan fingerprint density at radius 3 is 2.84 bits per heavy atom. The summed E-state index contributed by atoms with van der Waals surface area (Å²) in [5.74, 6) is 0.901. The largest absolute Gasteiger partial charge is 0.493 e. The highest BCUT2D eigenvalue weighted by Gasteiger charge is 2.36. The molecule has 1 amide bonds. The minimum absolute atomic E-state index is 0.000415. The van der Waals surface area contributed by atoms with Crippen LogP contribution in [0.1, 0.15) is 31.2 Å². The first-order valence-corrected chi connectivity index (χ1v) is 7.82. The topological polar surface area (TPSA) is 38.3 Å². The molecule has 0 aliphatic heterocycles. The van der Waals surface area contributed by atoms with Gasteiger partial charge >= 0.3 is 0 Å². The first-order chi connectivity index (χ1) is 9.13. The molecule has 1 aliphatic carbocycles. The zero-order chi connectivity index (χ0) is 13.7. The van der Waals surface area contributed by atoms with Crippen LogP contribution in [0.15, 0.2) is 24.3 Å². The number of carbonyl (C=O) groups is 1. The predicted octanol–water partition coefficient (Wildman–Crippen LogP) is 3.20. The lowest BCUT2D eigenvalue weighted by atomic mass is 9.78. The molecule has 0 heterocycles. The number of alkyl halides is 1. The Hall–Kier alpha value is -1.03. The van der Waals surface area contributed by atoms with E-state index in [2.05, 4.69) is 21.2 Å². The lowest BCUT2D eigenvalue weighted by Crippen LogP contribution is -2.55. The van der Waals surface area contributed by atoms with Crippen molar-refractivity contribution in [3.8, 4) is 5.75 Å². The Morgan fingerprint density at radius 1 is 1.47 bits per heavy atom. The highest BCUT2D eigenvalue weighted by atomic mass is 79.9. The summed E-state index contributed by atoms with van der Waals surface area (Å²) in [5, 5.41) is 3.95. The number of aryl methyl sites for hydroxylation is 1. The molecule has 3 nitrogen and oxygen atoms in total. The van der Waals surface area contributed by atoms with Gasteiger partial charge < -0.3 is 10.1 Å². The van der Waals surface area contributed by atoms with Crippen molar-refractivity contribution < 1.29 is 9.53 Å². The van der Waals surface area contributed by atoms with Gasteiger partial charge in [0.1, 0.15) is 5.75 Å². The lowest BCUT2D eigenvalue weighted by Gasteiger charge is -2.41. The molecule has 0 saturated heterocycles. The van der Waals surface area contributed by atoms with Crippen LogP contribution in [0.25, 0.3) is 0 Å². The second-order valence-electron chi connectivity index (χ2n) is 5.23. The number of benzene rings is 1. The monoisotopic (exact) mass is 325 g/mol. The SMILES string of the molecule is Cc1cccc(OCCC(=O)NC2(CBr)CCC2)c1. The molecule has 1 aromatic carbocycles. The molecule has 1 saturated carbocycles. The molecule has 0 unspecified atom stereocenters. The first-order valence-electron chi connectivity index (χ1n) is 6.70. The van der Waals surface area contributed by atoms with Gasteiger partial charge in [0.15, 0.2) is 0 Å². The van der Waals surface area contributed by atoms with Crippen molar-refractivity contribution in [2.75, 3.05) is 11.9 Å². The van der Waals surface area contributed by atoms with E-state index >= 15 is 0 Å². The third-order valence-corrected chi connectivity index (χ3v) is 4.63. The fourth-order valence-corrected chi connectivity index (χ4v) is 2.92. The summed E-state index contributed by atoms with van der Waals surface area (Å²) in [6.45, 7) is 2.45. The van der Waals surface area contributed by atoms with Gasteiger partial charge in [0.2, 0.25) is 5.91 Å². The summed E-state index contributed by atoms with van der Waals surface area (Å²) in [5.41, 5.74) is 1.16. The van der Waals surface area contributed by atoms with Crippen molar-refractivity contribution in [3.63, 3.8) is 0 Å². The van der Waals surface area contributed by atoms with Crippen LogP contribution >= 0.6 is 15.9 Å². The van der Waals surface area contributed by atoms with E-state index in [9.17, 15) is 4.79 Å². The highest BCUT2D eigenvalue weighted by molar-refractivity contribution is 9.09. The Labute approximate surface area is 122 Å². The van der Waals surface area contributed by atoms with Crippen molar-refractivity contribution in [1.29, 1.82) is 0 Å². The fourth-order valence-electron chi connectivity index (χ4n) is 2.22. The van der Waals surface area contributed by atoms with E-state index < -0.39 is 0 Å². The van der Waals surface area contributed by atoms with Crippen molar-refractivity contribution >= 4 is 21.8 Å². The minimum atomic E-state index is 0.000415. The fraction of sp³-hybridized carbons (Fsp3) is 0.533. The summed E-state index contributed by atoms with van der Waals surface area (Å²) >= 11 is 3.48. The number of nitrogens with one attached hydrogen (secondary N) is 1. The number of hydrogen-bond acceptors (Lipinski definition) is 2. The van der Waals surface area contributed by atoms with Crippen LogP contribution in [0.2, 0.25) is 0 Å². The van der Waals surface area contributed by atoms with Gasteiger partial charge in [-0.05, 0) is 43.9 Å². The van der Waals surface area contributed by atoms with Gasteiger partial charge in [0, 0.05) is 10.9 Å². The molecule has 1 aromatic rings. The lowest BCUT2D eigenvalue weighted by molar-refractivity contribution is -0.124. The number of ether oxygens (including phenoxy) is 1. The quantitative estimate of drug-likeness (QED) is 0.816. The maximum absolute atomic E-state index is 11.9. The zero-order valence-corrected chi connectivity index (χ0v) is 12.8. The van der Waals surface area contributed by atoms with Crippen LogP contribution in [0.5, 0.6) is 5.75 Å². The molecule has 1 aliphatic rings. The average molecular weight is 326 g/mol. The maximum atomic E-state index is 11.9. The van der Waals surface area contributed by atoms with Gasteiger partial charge in [-0.2, -0.15) is 0 Å². The van der Waals surface area contributed by atoms with Gasteiger partial charge in [-0.1, -0.05) is 28.1 Å². The van der Waals surface area contributed by atoms with Crippen molar-refractivity contribution in [1.82, 2.24) is 5.32 Å². The Bertz CT molecular complexity index is 438. The van der Waals surface area contributed by atoms with E-state index in [1.54, 1.807) is 0 Å². The summed E-state index contributed by atoms with van der Waals surface area (Å²) in [7, 11) is 0. The first kappa shape index (κ1) is 14.4. The van der Waals surface area contributed by atoms with Gasteiger partial charge in [-0.3, -0.25) is 4.79 Å². The Morgan fingerprint density at radius 2 is 2.26 bits per heavy atom. The maximum Gasteiger partial charge on any atom is 0.223 e. The van der Waals surface area contributed by atoms with Gasteiger partial charge in [-0.15, -0.1) is 0 Å². The second-order valence-corrected chi connectivity index (χ2v) is 5.79. The van der Waals surface area contributed by atoms with Crippen molar-refractivity contribution in [2.24, 2.45) is 0 Å². The third kappa shape index (κ3) is 3.96. The molecule has 0 bridgehead atoms. The molecule has 19 heavy (non-hydrogen) atoms. The van der Waals surface area contributed by atoms with Crippen LogP contribution in [-0.2, 0) is 4.79 Å². The summed E-state index contributed by atoms with van der Waals surface area (Å²) in [6, 6.07) is 7.87. The molecule has 4 heteroatoms. The molecule has 2 rings (SSSR count). The molecule has 0 radical (unpaired) electrons. The third-order valence-electron chi connectivity index (χ3n) is 3.56. The van der Waals surface area contributed by atoms with E-state index in [4.69, 9.17) is 4.74 Å². The van der Waals surface area contributed by atoms with Crippen LogP contribution in [0.4, 0.5) is 0 Å². The van der Waals surface area contributed by atoms with Gasteiger partial charge in [0.25, 0.3) is 0 Å². The Kier molecular flexibility index (Phi) is 4.86. The average Bonchev–Trinajstić information content (AvgIpc) is 2.34. The van der Waals surface area contributed by atoms with E-state index in [1.165, 1.54) is 6.42 Å². The molecule has 1 N–H and O–H groups in total. The number of amides is 1. The van der Waals surface area contributed by atoms with E-state index in [0.717, 1.165) is 29.5 Å². The predicted molar refractivity (Wildman–Crippen MR) is 79.8 cm³/mol. The Balaban J connectivity index is 1.72. The standard InChI is InChI=1S/C15H20BrNO2/c1-12-4-2-5-13(10-12)19-9-6-14(18)17-15(11-16)7-3-8-15/h2,4-5,10H,3,6-9,11H2,1H3,(H,17,18). The second kappa shape index (κ2) is 6.42. The zero-order valence-electron chi connectivity index (χ0n) is 11.2. The summed E-state index contributed by atoms with van der Waals surface area (Å²) in [6.07, 6.45) is 3.75. The van der Waals surface area contributed by atoms with Gasteiger partial charge in [0.05, 0.1) is 13.0 Å². The van der Waals surface area contributed by atoms with E-state index in [-0.39, 0.29) is 11.4 Å². The van der Waals surface area contributed by atoms with Crippen LogP contribution in [0.3, 0.4) is 0 Å². The van der Waals surface area contributed by atoms with Crippen molar-refractivity contribution in [2.45, 2.75) is 38.1 Å². The van der Waals surface area contributed by atoms with E-state index in [0.29, 0.717) is 13.0 Å². The number of carbonyl (C=O) groups excluding carboxylic acids is 1. The van der Waals surface area contributed by atoms with Gasteiger partial charge in [-0.25, -0.2) is 0 Å². The molecular formula is C15H20BrNO2. The summed E-state index contributed by atoms with van der Waals surface area (Å²) in [4.78, 5) is 11.9. The highest BCUT2D eigenvalue weighted by Crippen LogP contribution is 2.33.